The molecule has 1 atom stereocenters. The van der Waals surface area contributed by atoms with E-state index in [9.17, 15) is 4.79 Å². The molecule has 1 aromatic rings. The fraction of sp³-hybridized carbons (Fsp3) is 0.417. The summed E-state index contributed by atoms with van der Waals surface area (Å²) in [5, 5.41) is 0. The van der Waals surface area contributed by atoms with Crippen LogP contribution in [-0.4, -0.2) is 25.8 Å². The van der Waals surface area contributed by atoms with Crippen LogP contribution in [0.15, 0.2) is 24.3 Å². The molecule has 0 N–H and O–H groups in total. The molecule has 0 aromatic heterocycles. The lowest BCUT2D eigenvalue weighted by atomic mass is 10.2. The summed E-state index contributed by atoms with van der Waals surface area (Å²) in [6.07, 6.45) is 1.21. The van der Waals surface area contributed by atoms with E-state index >= 15 is 0 Å². The highest BCUT2D eigenvalue weighted by molar-refractivity contribution is 5.78. The molecular weight excluding hydrogens is 208 g/mol. The van der Waals surface area contributed by atoms with Crippen molar-refractivity contribution in [2.45, 2.75) is 18.9 Å². The highest BCUT2D eigenvalue weighted by Gasteiger charge is 2.26. The molecule has 86 valence electrons. The lowest BCUT2D eigenvalue weighted by Gasteiger charge is -2.11. The van der Waals surface area contributed by atoms with Gasteiger partial charge in [-0.05, 0) is 25.0 Å². The number of para-hydroxylation sites is 2. The molecule has 0 bridgehead atoms. The molecule has 4 nitrogen and oxygen atoms in total. The summed E-state index contributed by atoms with van der Waals surface area (Å²) < 4.78 is 15.6. The molecule has 1 unspecified atom stereocenters. The van der Waals surface area contributed by atoms with Gasteiger partial charge in [-0.15, -0.1) is 0 Å². The van der Waals surface area contributed by atoms with Crippen LogP contribution in [0.5, 0.6) is 11.5 Å². The van der Waals surface area contributed by atoms with Gasteiger partial charge in [0.2, 0.25) is 0 Å². The molecule has 1 saturated heterocycles. The van der Waals surface area contributed by atoms with Gasteiger partial charge >= 0.3 is 5.97 Å². The molecule has 1 heterocycles. The molecule has 1 aliphatic heterocycles. The predicted molar refractivity (Wildman–Crippen MR) is 57.6 cm³/mol. The summed E-state index contributed by atoms with van der Waals surface area (Å²) in [7, 11) is 1.54. The fourth-order valence-corrected chi connectivity index (χ4v) is 1.64. The molecule has 0 radical (unpaired) electrons. The lowest BCUT2D eigenvalue weighted by Crippen LogP contribution is -2.24. The van der Waals surface area contributed by atoms with Crippen LogP contribution in [0.4, 0.5) is 0 Å². The van der Waals surface area contributed by atoms with Crippen molar-refractivity contribution >= 4 is 5.97 Å². The summed E-state index contributed by atoms with van der Waals surface area (Å²) in [6.45, 7) is 0.631. The van der Waals surface area contributed by atoms with Crippen molar-refractivity contribution in [3.8, 4) is 11.5 Å². The normalized spacial score (nSPS) is 19.4. The maximum absolute atomic E-state index is 11.7. The molecular formula is C12H14O4. The minimum absolute atomic E-state index is 0.345. The highest BCUT2D eigenvalue weighted by atomic mass is 16.6. The summed E-state index contributed by atoms with van der Waals surface area (Å²) in [5.74, 6) is 0.640. The average Bonchev–Trinajstić information content (AvgIpc) is 2.83. The Morgan fingerprint density at radius 3 is 2.75 bits per heavy atom. The molecule has 1 fully saturated rings. The first kappa shape index (κ1) is 11.0. The van der Waals surface area contributed by atoms with Crippen LogP contribution in [0.1, 0.15) is 12.8 Å². The topological polar surface area (TPSA) is 44.8 Å². The minimum atomic E-state index is -0.426. The van der Waals surface area contributed by atoms with Crippen molar-refractivity contribution in [2.75, 3.05) is 13.7 Å². The predicted octanol–water partition coefficient (Wildman–Crippen LogP) is 1.78. The Hall–Kier alpha value is -1.55. The van der Waals surface area contributed by atoms with Gasteiger partial charge in [0.1, 0.15) is 0 Å². The molecule has 16 heavy (non-hydrogen) atoms. The van der Waals surface area contributed by atoms with Gasteiger partial charge < -0.3 is 14.2 Å². The largest absolute Gasteiger partial charge is 0.493 e. The van der Waals surface area contributed by atoms with E-state index in [1.54, 1.807) is 25.3 Å². The zero-order chi connectivity index (χ0) is 11.4. The molecule has 0 amide bonds. The second-order valence-electron chi connectivity index (χ2n) is 3.57. The first-order chi connectivity index (χ1) is 7.81. The van der Waals surface area contributed by atoms with Gasteiger partial charge in [0.05, 0.1) is 7.11 Å². The van der Waals surface area contributed by atoms with Crippen LogP contribution >= 0.6 is 0 Å². The van der Waals surface area contributed by atoms with Crippen molar-refractivity contribution in [3.05, 3.63) is 24.3 Å². The average molecular weight is 222 g/mol. The van der Waals surface area contributed by atoms with Crippen molar-refractivity contribution in [1.29, 1.82) is 0 Å². The number of hydrogen-bond acceptors (Lipinski definition) is 4. The fourth-order valence-electron chi connectivity index (χ4n) is 1.64. The van der Waals surface area contributed by atoms with Crippen LogP contribution in [0.3, 0.4) is 0 Å². The number of rotatable bonds is 3. The Bertz CT molecular complexity index is 369. The van der Waals surface area contributed by atoms with Crippen LogP contribution in [0.25, 0.3) is 0 Å². The smallest absolute Gasteiger partial charge is 0.340 e. The van der Waals surface area contributed by atoms with Crippen LogP contribution < -0.4 is 9.47 Å². The molecule has 2 rings (SSSR count). The van der Waals surface area contributed by atoms with E-state index in [1.165, 1.54) is 0 Å². The minimum Gasteiger partial charge on any atom is -0.493 e. The Labute approximate surface area is 94.1 Å². The van der Waals surface area contributed by atoms with E-state index in [1.807, 2.05) is 6.07 Å². The quantitative estimate of drug-likeness (QED) is 0.577. The highest BCUT2D eigenvalue weighted by Crippen LogP contribution is 2.27. The van der Waals surface area contributed by atoms with Crippen molar-refractivity contribution in [3.63, 3.8) is 0 Å². The lowest BCUT2D eigenvalue weighted by molar-refractivity contribution is -0.144. The van der Waals surface area contributed by atoms with E-state index in [0.29, 0.717) is 18.1 Å². The van der Waals surface area contributed by atoms with Crippen molar-refractivity contribution in [2.24, 2.45) is 0 Å². The summed E-state index contributed by atoms with van der Waals surface area (Å²) in [4.78, 5) is 11.7. The van der Waals surface area contributed by atoms with E-state index in [0.717, 1.165) is 12.8 Å². The van der Waals surface area contributed by atoms with E-state index in [2.05, 4.69) is 0 Å². The molecule has 0 aliphatic carbocycles. The van der Waals surface area contributed by atoms with E-state index < -0.39 is 6.10 Å². The van der Waals surface area contributed by atoms with Gasteiger partial charge in [-0.2, -0.15) is 0 Å². The monoisotopic (exact) mass is 222 g/mol. The Morgan fingerprint density at radius 2 is 2.12 bits per heavy atom. The number of ether oxygens (including phenoxy) is 3. The second-order valence-corrected chi connectivity index (χ2v) is 3.57. The number of carbonyl (C=O) groups is 1. The first-order valence-electron chi connectivity index (χ1n) is 5.27. The van der Waals surface area contributed by atoms with Crippen LogP contribution in [0, 0.1) is 0 Å². The van der Waals surface area contributed by atoms with Gasteiger partial charge in [0.25, 0.3) is 0 Å². The summed E-state index contributed by atoms with van der Waals surface area (Å²) in [5.41, 5.74) is 0. The van der Waals surface area contributed by atoms with Gasteiger partial charge in [-0.25, -0.2) is 4.79 Å². The van der Waals surface area contributed by atoms with Gasteiger partial charge in [-0.1, -0.05) is 12.1 Å². The zero-order valence-corrected chi connectivity index (χ0v) is 9.14. The standard InChI is InChI=1S/C12H14O4/c1-14-9-5-2-3-6-10(9)16-12(13)11-7-4-8-15-11/h2-3,5-6,11H,4,7-8H2,1H3. The number of benzene rings is 1. The third kappa shape index (κ3) is 2.33. The number of methoxy groups -OCH3 is 1. The molecule has 1 aromatic carbocycles. The molecule has 4 heteroatoms. The SMILES string of the molecule is COc1ccccc1OC(=O)C1CCCO1. The van der Waals surface area contributed by atoms with Gasteiger partial charge in [0.15, 0.2) is 17.6 Å². The molecule has 0 spiro atoms. The van der Waals surface area contributed by atoms with Gasteiger partial charge in [0, 0.05) is 6.61 Å². The number of hydrogen-bond donors (Lipinski definition) is 0. The maximum Gasteiger partial charge on any atom is 0.340 e. The van der Waals surface area contributed by atoms with Crippen LogP contribution in [-0.2, 0) is 9.53 Å². The Morgan fingerprint density at radius 1 is 1.38 bits per heavy atom. The van der Waals surface area contributed by atoms with E-state index in [4.69, 9.17) is 14.2 Å². The second kappa shape index (κ2) is 4.99. The first-order valence-corrected chi connectivity index (χ1v) is 5.27. The molecule has 0 saturated carbocycles. The third-order valence-electron chi connectivity index (χ3n) is 2.47. The zero-order valence-electron chi connectivity index (χ0n) is 9.14. The van der Waals surface area contributed by atoms with Crippen LogP contribution in [0.2, 0.25) is 0 Å². The Kier molecular flexibility index (Phi) is 3.41. The summed E-state index contributed by atoms with van der Waals surface area (Å²) in [6, 6.07) is 7.06. The third-order valence-corrected chi connectivity index (χ3v) is 2.47. The van der Waals surface area contributed by atoms with E-state index in [-0.39, 0.29) is 5.97 Å². The maximum atomic E-state index is 11.7. The number of esters is 1. The number of carbonyl (C=O) groups excluding carboxylic acids is 1. The van der Waals surface area contributed by atoms with Crippen molar-refractivity contribution < 1.29 is 19.0 Å². The Balaban J connectivity index is 2.05. The van der Waals surface area contributed by atoms with Crippen molar-refractivity contribution in [1.82, 2.24) is 0 Å². The van der Waals surface area contributed by atoms with Gasteiger partial charge in [-0.3, -0.25) is 0 Å². The summed E-state index contributed by atoms with van der Waals surface area (Å²) >= 11 is 0. The molecule has 1 aliphatic rings.